The summed E-state index contributed by atoms with van der Waals surface area (Å²) in [6, 6.07) is 7.06. The van der Waals surface area contributed by atoms with Crippen LogP contribution < -0.4 is 5.32 Å². The van der Waals surface area contributed by atoms with Crippen molar-refractivity contribution in [1.29, 1.82) is 0 Å². The Labute approximate surface area is 153 Å². The molecule has 2 N–H and O–H groups in total. The highest BCUT2D eigenvalue weighted by atomic mass is 35.5. The molecule has 140 valence electrons. The molecular formula is C15H18ClF3N2O3S. The number of carboxylic acid groups (broad SMARTS) is 1. The topological polar surface area (TPSA) is 69.6 Å². The average Bonchev–Trinajstić information content (AvgIpc) is 2.91. The van der Waals surface area contributed by atoms with Gasteiger partial charge in [0, 0.05) is 23.7 Å². The van der Waals surface area contributed by atoms with Gasteiger partial charge in [0.15, 0.2) is 0 Å². The van der Waals surface area contributed by atoms with Crippen molar-refractivity contribution in [2.24, 2.45) is 11.8 Å². The van der Waals surface area contributed by atoms with Crippen LogP contribution in [0.3, 0.4) is 0 Å². The minimum Gasteiger partial charge on any atom is -0.481 e. The van der Waals surface area contributed by atoms with Crippen LogP contribution in [0.1, 0.15) is 0 Å². The number of carbonyl (C=O) groups excluding carboxylic acids is 1. The number of hydrogen-bond acceptors (Lipinski definition) is 4. The van der Waals surface area contributed by atoms with Crippen LogP contribution in [0.25, 0.3) is 0 Å². The van der Waals surface area contributed by atoms with Gasteiger partial charge in [-0.3, -0.25) is 14.5 Å². The second-order valence-corrected chi connectivity index (χ2v) is 6.45. The Hall–Kier alpha value is -1.45. The van der Waals surface area contributed by atoms with Gasteiger partial charge >= 0.3 is 12.1 Å². The van der Waals surface area contributed by atoms with E-state index in [1.54, 1.807) is 18.2 Å². The Balaban J connectivity index is 0.00000312. The molecule has 5 nitrogen and oxygen atoms in total. The molecule has 1 aromatic rings. The van der Waals surface area contributed by atoms with Gasteiger partial charge in [-0.1, -0.05) is 6.07 Å². The third-order valence-electron chi connectivity index (χ3n) is 3.85. The third kappa shape index (κ3) is 5.79. The zero-order chi connectivity index (χ0) is 17.9. The van der Waals surface area contributed by atoms with Gasteiger partial charge in [-0.15, -0.1) is 24.2 Å². The van der Waals surface area contributed by atoms with Crippen LogP contribution in [-0.2, 0) is 9.59 Å². The minimum absolute atomic E-state index is 0. The van der Waals surface area contributed by atoms with Crippen LogP contribution in [0, 0.1) is 11.8 Å². The summed E-state index contributed by atoms with van der Waals surface area (Å²) in [5, 5.41) is 11.6. The van der Waals surface area contributed by atoms with Gasteiger partial charge in [0.05, 0.1) is 18.4 Å². The molecule has 2 atom stereocenters. The Morgan fingerprint density at radius 3 is 2.56 bits per heavy atom. The number of anilines is 1. The molecular weight excluding hydrogens is 381 g/mol. The van der Waals surface area contributed by atoms with Crippen molar-refractivity contribution < 1.29 is 27.9 Å². The van der Waals surface area contributed by atoms with Crippen molar-refractivity contribution in [2.45, 2.75) is 11.1 Å². The molecule has 1 aliphatic rings. The van der Waals surface area contributed by atoms with Crippen molar-refractivity contribution in [3.63, 3.8) is 0 Å². The van der Waals surface area contributed by atoms with E-state index in [0.717, 1.165) is 4.90 Å². The number of alkyl halides is 3. The largest absolute Gasteiger partial charge is 0.481 e. The predicted octanol–water partition coefficient (Wildman–Crippen LogP) is 2.96. The maximum absolute atomic E-state index is 12.9. The number of benzene rings is 1. The van der Waals surface area contributed by atoms with Crippen LogP contribution >= 0.6 is 24.2 Å². The van der Waals surface area contributed by atoms with Gasteiger partial charge in [-0.25, -0.2) is 0 Å². The Kier molecular flexibility index (Phi) is 7.58. The van der Waals surface area contributed by atoms with Gasteiger partial charge in [0.1, 0.15) is 0 Å². The molecule has 10 heteroatoms. The monoisotopic (exact) mass is 398 g/mol. The molecule has 0 bridgehead atoms. The van der Waals surface area contributed by atoms with E-state index in [1.807, 2.05) is 12.3 Å². The Bertz CT molecular complexity index is 630. The number of rotatable bonds is 5. The first-order valence-corrected chi connectivity index (χ1v) is 8.39. The van der Waals surface area contributed by atoms with E-state index in [1.165, 1.54) is 16.7 Å². The molecule has 1 fully saturated rings. The number of nitrogens with one attached hydrogen (secondary N) is 1. The normalized spacial score (nSPS) is 20.8. The minimum atomic E-state index is -4.60. The predicted molar refractivity (Wildman–Crippen MR) is 91.2 cm³/mol. The number of nitrogens with zero attached hydrogens (tertiary/aromatic N) is 1. The number of hydrogen-bond donors (Lipinski definition) is 2. The molecule has 1 aliphatic heterocycles. The number of carbonyl (C=O) groups is 2. The summed E-state index contributed by atoms with van der Waals surface area (Å²) in [7, 11) is 0. The van der Waals surface area contributed by atoms with Crippen molar-refractivity contribution >= 4 is 41.7 Å². The first-order valence-electron chi connectivity index (χ1n) is 7.16. The molecule has 1 aromatic carbocycles. The molecule has 1 saturated heterocycles. The van der Waals surface area contributed by atoms with Crippen molar-refractivity contribution in [2.75, 3.05) is 31.2 Å². The standard InChI is InChI=1S/C15H17F3N2O3S.ClH/c1-24-10-4-2-3-9(5-10)19-13(21)8-20-6-11(14(22)23)12(7-20)15(16,17)18;/h2-5,11-12H,6-8H2,1H3,(H,19,21)(H,22,23);1H/t11-,12-;/m1./s1. The second-order valence-electron chi connectivity index (χ2n) is 5.57. The zero-order valence-corrected chi connectivity index (χ0v) is 14.9. The van der Waals surface area contributed by atoms with Gasteiger partial charge in [-0.05, 0) is 24.5 Å². The number of aliphatic carboxylic acids is 1. The molecule has 1 heterocycles. The highest BCUT2D eigenvalue weighted by Crippen LogP contribution is 2.37. The second kappa shape index (κ2) is 8.77. The van der Waals surface area contributed by atoms with Crippen LogP contribution in [-0.4, -0.2) is 53.9 Å². The summed E-state index contributed by atoms with van der Waals surface area (Å²) in [5.41, 5.74) is 0.549. The summed E-state index contributed by atoms with van der Waals surface area (Å²) in [4.78, 5) is 25.2. The van der Waals surface area contributed by atoms with Gasteiger partial charge in [0.2, 0.25) is 5.91 Å². The quantitative estimate of drug-likeness (QED) is 0.746. The summed E-state index contributed by atoms with van der Waals surface area (Å²) in [5.74, 6) is -5.46. The molecule has 0 unspecified atom stereocenters. The maximum atomic E-state index is 12.9. The maximum Gasteiger partial charge on any atom is 0.393 e. The van der Waals surface area contributed by atoms with E-state index in [9.17, 15) is 22.8 Å². The van der Waals surface area contributed by atoms with Crippen molar-refractivity contribution in [3.8, 4) is 0 Å². The third-order valence-corrected chi connectivity index (χ3v) is 4.58. The summed E-state index contributed by atoms with van der Waals surface area (Å²) >= 11 is 1.50. The number of likely N-dealkylation sites (tertiary alicyclic amines) is 1. The van der Waals surface area contributed by atoms with E-state index in [0.29, 0.717) is 5.69 Å². The van der Waals surface area contributed by atoms with E-state index in [2.05, 4.69) is 5.32 Å². The Morgan fingerprint density at radius 1 is 1.36 bits per heavy atom. The van der Waals surface area contributed by atoms with E-state index < -0.39 is 36.4 Å². The van der Waals surface area contributed by atoms with E-state index in [4.69, 9.17) is 5.11 Å². The smallest absolute Gasteiger partial charge is 0.393 e. The lowest BCUT2D eigenvalue weighted by atomic mass is 9.96. The molecule has 0 aliphatic carbocycles. The average molecular weight is 399 g/mol. The highest BCUT2D eigenvalue weighted by molar-refractivity contribution is 7.98. The van der Waals surface area contributed by atoms with Crippen LogP contribution in [0.2, 0.25) is 0 Å². The molecule has 0 spiro atoms. The van der Waals surface area contributed by atoms with Gasteiger partial charge in [0.25, 0.3) is 0 Å². The molecule has 0 radical (unpaired) electrons. The van der Waals surface area contributed by atoms with Gasteiger partial charge < -0.3 is 10.4 Å². The lowest BCUT2D eigenvalue weighted by molar-refractivity contribution is -0.188. The molecule has 0 aromatic heterocycles. The summed E-state index contributed by atoms with van der Waals surface area (Å²) < 4.78 is 38.8. The lowest BCUT2D eigenvalue weighted by Gasteiger charge is -2.18. The summed E-state index contributed by atoms with van der Waals surface area (Å²) in [6.07, 6.45) is -2.71. The van der Waals surface area contributed by atoms with Crippen molar-refractivity contribution in [3.05, 3.63) is 24.3 Å². The number of thioether (sulfide) groups is 1. The first-order chi connectivity index (χ1) is 11.2. The van der Waals surface area contributed by atoms with Crippen LogP contribution in [0.5, 0.6) is 0 Å². The summed E-state index contributed by atoms with van der Waals surface area (Å²) in [6.45, 7) is -1.06. The molecule has 25 heavy (non-hydrogen) atoms. The fourth-order valence-corrected chi connectivity index (χ4v) is 3.16. The number of halogens is 4. The van der Waals surface area contributed by atoms with Crippen LogP contribution in [0.4, 0.5) is 18.9 Å². The van der Waals surface area contributed by atoms with E-state index >= 15 is 0 Å². The molecule has 1 amide bonds. The van der Waals surface area contributed by atoms with Gasteiger partial charge in [-0.2, -0.15) is 13.2 Å². The highest BCUT2D eigenvalue weighted by Gasteiger charge is 2.52. The molecule has 0 saturated carbocycles. The van der Waals surface area contributed by atoms with Crippen molar-refractivity contribution in [1.82, 2.24) is 4.90 Å². The molecule has 2 rings (SSSR count). The fourth-order valence-electron chi connectivity index (χ4n) is 2.70. The van der Waals surface area contributed by atoms with E-state index in [-0.39, 0.29) is 25.5 Å². The Morgan fingerprint density at radius 2 is 2.04 bits per heavy atom. The van der Waals surface area contributed by atoms with Crippen LogP contribution in [0.15, 0.2) is 29.2 Å². The number of amides is 1. The lowest BCUT2D eigenvalue weighted by Crippen LogP contribution is -2.34. The fraction of sp³-hybridized carbons (Fsp3) is 0.467. The number of carboxylic acids is 1. The SMILES string of the molecule is CSc1cccc(NC(=O)CN2C[C@@H](C(F)(F)F)[C@H](C(=O)O)C2)c1.Cl. The zero-order valence-electron chi connectivity index (χ0n) is 13.2. The first kappa shape index (κ1) is 21.6.